The minimum Gasteiger partial charge on any atom is -1.00 e. The molecule has 4 nitrogen and oxygen atoms in total. The molecule has 22 heavy (non-hydrogen) atoms. The van der Waals surface area contributed by atoms with Crippen molar-refractivity contribution in [2.75, 3.05) is 54.4 Å². The van der Waals surface area contributed by atoms with Crippen LogP contribution < -0.4 is 48.0 Å². The zero-order chi connectivity index (χ0) is 15.8. The number of hydrogen-bond acceptors (Lipinski definition) is 2. The van der Waals surface area contributed by atoms with E-state index >= 15 is 0 Å². The molecule has 0 fully saturated rings. The highest BCUT2D eigenvalue weighted by Crippen LogP contribution is 2.08. The van der Waals surface area contributed by atoms with Crippen LogP contribution in [0.4, 0.5) is 0 Å². The number of halogens is 2. The van der Waals surface area contributed by atoms with Crippen LogP contribution in [0.25, 0.3) is 0 Å². The van der Waals surface area contributed by atoms with Gasteiger partial charge in [0.25, 0.3) is 0 Å². The maximum atomic E-state index is 11.1. The van der Waals surface area contributed by atoms with E-state index in [0.29, 0.717) is 13.1 Å². The average molecular weight is 540 g/mol. The molecule has 0 amide bonds. The number of hydrogen-bond donors (Lipinski definition) is 0. The molecule has 0 rings (SSSR count). The molecule has 0 saturated heterocycles. The van der Waals surface area contributed by atoms with Gasteiger partial charge in [-0.1, -0.05) is 0 Å². The maximum Gasteiger partial charge on any atom is 0.183 e. The van der Waals surface area contributed by atoms with Crippen LogP contribution in [0.2, 0.25) is 0 Å². The van der Waals surface area contributed by atoms with E-state index in [-0.39, 0.29) is 59.5 Å². The van der Waals surface area contributed by atoms with Gasteiger partial charge in [0.05, 0.1) is 41.3 Å². The summed E-state index contributed by atoms with van der Waals surface area (Å²) < 4.78 is 1.59. The van der Waals surface area contributed by atoms with Crippen LogP contribution in [0.1, 0.15) is 39.5 Å². The van der Waals surface area contributed by atoms with Gasteiger partial charge in [0.15, 0.2) is 11.6 Å². The molecule has 134 valence electrons. The Morgan fingerprint density at radius 1 is 0.636 bits per heavy atom. The van der Waals surface area contributed by atoms with Gasteiger partial charge in [-0.15, -0.1) is 0 Å². The summed E-state index contributed by atoms with van der Waals surface area (Å²) in [5.41, 5.74) is 0. The van der Waals surface area contributed by atoms with Gasteiger partial charge in [0, 0.05) is 13.8 Å². The van der Waals surface area contributed by atoms with Crippen LogP contribution in [-0.2, 0) is 9.59 Å². The maximum absolute atomic E-state index is 11.1. The van der Waals surface area contributed by atoms with E-state index in [1.807, 2.05) is 0 Å². The second kappa shape index (κ2) is 13.1. The van der Waals surface area contributed by atoms with E-state index < -0.39 is 0 Å². The van der Waals surface area contributed by atoms with Crippen LogP contribution in [0.3, 0.4) is 0 Å². The largest absolute Gasteiger partial charge is 1.00 e. The van der Waals surface area contributed by atoms with Gasteiger partial charge < -0.3 is 56.9 Å². The molecule has 0 aliphatic carbocycles. The van der Waals surface area contributed by atoms with Crippen molar-refractivity contribution < 1.29 is 66.5 Å². The van der Waals surface area contributed by atoms with Crippen molar-refractivity contribution in [3.63, 3.8) is 0 Å². The first-order valence-corrected chi connectivity index (χ1v) is 7.67. The molecule has 0 bridgehead atoms. The van der Waals surface area contributed by atoms with Gasteiger partial charge in [-0.05, 0) is 25.7 Å². The molecule has 0 heterocycles. The van der Waals surface area contributed by atoms with E-state index in [1.54, 1.807) is 13.8 Å². The fourth-order valence-electron chi connectivity index (χ4n) is 2.80. The van der Waals surface area contributed by atoms with Crippen LogP contribution in [-0.4, -0.2) is 74.9 Å². The molecule has 0 atom stereocenters. The fourth-order valence-corrected chi connectivity index (χ4v) is 2.80. The number of Topliss-reactive ketones (excluding diaryl/α,β-unsaturated/α-hetero) is 2. The van der Waals surface area contributed by atoms with Crippen molar-refractivity contribution in [1.29, 1.82) is 0 Å². The van der Waals surface area contributed by atoms with Gasteiger partial charge in [-0.2, -0.15) is 0 Å². The van der Waals surface area contributed by atoms with E-state index in [4.69, 9.17) is 0 Å². The Balaban J connectivity index is -0.00000180. The highest BCUT2D eigenvalue weighted by molar-refractivity contribution is 5.76. The minimum atomic E-state index is 0. The third-order valence-electron chi connectivity index (χ3n) is 3.58. The fraction of sp³-hybridized carbons (Fsp3) is 0.875. The van der Waals surface area contributed by atoms with Crippen LogP contribution in [0, 0.1) is 0 Å². The van der Waals surface area contributed by atoms with Crippen LogP contribution in [0.15, 0.2) is 0 Å². The molecule has 0 aliphatic rings. The Hall–Kier alpha value is 0.720. The summed E-state index contributed by atoms with van der Waals surface area (Å²) in [5, 5.41) is 0. The predicted molar refractivity (Wildman–Crippen MR) is 83.5 cm³/mol. The SMILES string of the molecule is CC(=O)C[N+](C)(C)CCCCCC[N+](C)(C)CC(C)=O.[I-].[I-]. The van der Waals surface area contributed by atoms with E-state index in [2.05, 4.69) is 28.2 Å². The zero-order valence-corrected chi connectivity index (χ0v) is 19.4. The average Bonchev–Trinajstić information content (AvgIpc) is 2.19. The number of rotatable bonds is 11. The second-order valence-corrected chi connectivity index (χ2v) is 7.45. The van der Waals surface area contributed by atoms with Gasteiger partial charge in [0.1, 0.15) is 13.1 Å². The van der Waals surface area contributed by atoms with Gasteiger partial charge in [-0.25, -0.2) is 0 Å². The molecule has 6 heteroatoms. The summed E-state index contributed by atoms with van der Waals surface area (Å²) in [6.07, 6.45) is 4.75. The Kier molecular flexibility index (Phi) is 16.4. The highest BCUT2D eigenvalue weighted by Gasteiger charge is 2.18. The lowest BCUT2D eigenvalue weighted by Crippen LogP contribution is -3.00. The molecule has 0 aromatic heterocycles. The van der Waals surface area contributed by atoms with Crippen LogP contribution in [0.5, 0.6) is 0 Å². The molecule has 0 spiro atoms. The topological polar surface area (TPSA) is 34.1 Å². The minimum absolute atomic E-state index is 0. The normalized spacial score (nSPS) is 11.4. The number of likely N-dealkylation sites (N-methyl/N-ethyl adjacent to an activating group) is 2. The van der Waals surface area contributed by atoms with E-state index in [0.717, 1.165) is 22.1 Å². The van der Waals surface area contributed by atoms with Crippen molar-refractivity contribution in [2.24, 2.45) is 0 Å². The molecule has 0 unspecified atom stereocenters. The van der Waals surface area contributed by atoms with E-state index in [9.17, 15) is 9.59 Å². The van der Waals surface area contributed by atoms with Gasteiger partial charge in [-0.3, -0.25) is 9.59 Å². The van der Waals surface area contributed by atoms with Crippen molar-refractivity contribution in [3.05, 3.63) is 0 Å². The molecule has 0 aromatic rings. The molecular weight excluding hydrogens is 506 g/mol. The Labute approximate surface area is 171 Å². The van der Waals surface area contributed by atoms with Crippen molar-refractivity contribution >= 4 is 11.6 Å². The second-order valence-electron chi connectivity index (χ2n) is 7.45. The summed E-state index contributed by atoms with van der Waals surface area (Å²) in [5.74, 6) is 0.525. The zero-order valence-electron chi connectivity index (χ0n) is 15.1. The summed E-state index contributed by atoms with van der Waals surface area (Å²) in [7, 11) is 8.48. The quantitative estimate of drug-likeness (QED) is 0.152. The molecule has 0 N–H and O–H groups in total. The third-order valence-corrected chi connectivity index (χ3v) is 3.58. The number of unbranched alkanes of at least 4 members (excludes halogenated alkanes) is 3. The van der Waals surface area contributed by atoms with Crippen molar-refractivity contribution in [2.45, 2.75) is 39.5 Å². The number of quaternary nitrogens is 2. The molecule has 0 aromatic carbocycles. The molecular formula is C16H34I2N2O2. The van der Waals surface area contributed by atoms with Gasteiger partial charge >= 0.3 is 0 Å². The third kappa shape index (κ3) is 17.1. The summed E-state index contributed by atoms with van der Waals surface area (Å²) in [4.78, 5) is 22.3. The Morgan fingerprint density at radius 3 is 1.14 bits per heavy atom. The summed E-state index contributed by atoms with van der Waals surface area (Å²) >= 11 is 0. The number of nitrogens with zero attached hydrogens (tertiary/aromatic N) is 2. The molecule has 0 aliphatic heterocycles. The Morgan fingerprint density at radius 2 is 0.909 bits per heavy atom. The monoisotopic (exact) mass is 540 g/mol. The van der Waals surface area contributed by atoms with Crippen molar-refractivity contribution in [3.8, 4) is 0 Å². The first-order chi connectivity index (χ1) is 9.04. The predicted octanol–water partition coefficient (Wildman–Crippen LogP) is -4.11. The summed E-state index contributed by atoms with van der Waals surface area (Å²) in [6.45, 7) is 6.70. The van der Waals surface area contributed by atoms with E-state index in [1.165, 1.54) is 25.7 Å². The lowest BCUT2D eigenvalue weighted by molar-refractivity contribution is -0.883. The Bertz CT molecular complexity index is 300. The smallest absolute Gasteiger partial charge is 0.183 e. The first kappa shape index (κ1) is 27.6. The number of ketones is 2. The number of carbonyl (C=O) groups is 2. The standard InChI is InChI=1S/C16H34N2O2.2HI/c1-15(19)13-17(3,4)11-9-7-8-10-12-18(5,6)14-16(2)20;;/h7-14H2,1-6H3;2*1H/q+2;;/p-2. The molecule has 0 saturated carbocycles. The molecule has 0 radical (unpaired) electrons. The van der Waals surface area contributed by atoms with Crippen molar-refractivity contribution in [1.82, 2.24) is 0 Å². The summed E-state index contributed by atoms with van der Waals surface area (Å²) in [6, 6.07) is 0. The first-order valence-electron chi connectivity index (χ1n) is 7.67. The lowest BCUT2D eigenvalue weighted by atomic mass is 10.1. The van der Waals surface area contributed by atoms with Crippen LogP contribution >= 0.6 is 0 Å². The lowest BCUT2D eigenvalue weighted by Gasteiger charge is -2.29. The van der Waals surface area contributed by atoms with Gasteiger partial charge in [0.2, 0.25) is 0 Å². The highest BCUT2D eigenvalue weighted by atomic mass is 127. The number of carbonyl (C=O) groups excluding carboxylic acids is 2.